The summed E-state index contributed by atoms with van der Waals surface area (Å²) in [5.74, 6) is -1.63. The van der Waals surface area contributed by atoms with Crippen molar-refractivity contribution in [2.24, 2.45) is 0 Å². The van der Waals surface area contributed by atoms with Gasteiger partial charge < -0.3 is 15.2 Å². The summed E-state index contributed by atoms with van der Waals surface area (Å²) in [6.45, 7) is 2.88. The third-order valence-electron chi connectivity index (χ3n) is 5.12. The predicted octanol–water partition coefficient (Wildman–Crippen LogP) is 3.98. The van der Waals surface area contributed by atoms with Crippen molar-refractivity contribution in [2.75, 3.05) is 7.05 Å². The lowest BCUT2D eigenvalue weighted by Crippen LogP contribution is -2.52. The number of hydrazine groups is 1. The maximum Gasteiger partial charge on any atom is 0.335 e. The van der Waals surface area contributed by atoms with Gasteiger partial charge in [0.15, 0.2) is 0 Å². The number of nitrogens with zero attached hydrogens (tertiary/aromatic N) is 1. The number of alkyl halides is 2. The van der Waals surface area contributed by atoms with E-state index in [0.29, 0.717) is 10.6 Å². The van der Waals surface area contributed by atoms with E-state index in [1.807, 2.05) is 0 Å². The molecule has 2 aromatic rings. The molecule has 1 amide bonds. The number of benzene rings is 2. The number of rotatable bonds is 7. The first-order valence-electron chi connectivity index (χ1n) is 9.65. The summed E-state index contributed by atoms with van der Waals surface area (Å²) >= 11 is 5.98. The molecule has 32 heavy (non-hydrogen) atoms. The average Bonchev–Trinajstić information content (AvgIpc) is 2.98. The Hall–Kier alpha value is -3.17. The van der Waals surface area contributed by atoms with Gasteiger partial charge in [-0.15, -0.1) is 0 Å². The molecule has 3 rings (SSSR count). The molecule has 170 valence electrons. The number of hydrogen-bond acceptors (Lipinski definition) is 5. The van der Waals surface area contributed by atoms with E-state index in [9.17, 15) is 18.4 Å². The van der Waals surface area contributed by atoms with Gasteiger partial charge in [-0.1, -0.05) is 29.8 Å². The second-order valence-electron chi connectivity index (χ2n) is 7.54. The zero-order valence-electron chi connectivity index (χ0n) is 17.5. The highest BCUT2D eigenvalue weighted by atomic mass is 35.5. The maximum absolute atomic E-state index is 14.0. The smallest absolute Gasteiger partial charge is 0.335 e. The summed E-state index contributed by atoms with van der Waals surface area (Å²) in [4.78, 5) is 24.2. The van der Waals surface area contributed by atoms with Gasteiger partial charge >= 0.3 is 5.97 Å². The van der Waals surface area contributed by atoms with Crippen LogP contribution in [0.1, 0.15) is 35.8 Å². The molecule has 0 aromatic heterocycles. The minimum absolute atomic E-state index is 0.0824. The number of carboxylic acid groups (broad SMARTS) is 1. The highest BCUT2D eigenvalue weighted by molar-refractivity contribution is 6.30. The van der Waals surface area contributed by atoms with E-state index in [-0.39, 0.29) is 22.8 Å². The average molecular weight is 466 g/mol. The van der Waals surface area contributed by atoms with Gasteiger partial charge in [0, 0.05) is 12.1 Å². The van der Waals surface area contributed by atoms with Crippen LogP contribution < -0.4 is 15.5 Å². The van der Waals surface area contributed by atoms with E-state index in [2.05, 4.69) is 10.7 Å². The van der Waals surface area contributed by atoms with Gasteiger partial charge in [0.1, 0.15) is 16.9 Å². The molecule has 2 atom stereocenters. The molecular weight excluding hydrogens is 444 g/mol. The first kappa shape index (κ1) is 23.5. The first-order chi connectivity index (χ1) is 15.0. The fourth-order valence-electron chi connectivity index (χ4n) is 3.36. The summed E-state index contributed by atoms with van der Waals surface area (Å²) in [7, 11) is 1.47. The molecule has 0 saturated carbocycles. The lowest BCUT2D eigenvalue weighted by Gasteiger charge is -2.27. The van der Waals surface area contributed by atoms with Crippen LogP contribution >= 0.6 is 11.6 Å². The SMILES string of the molecule is C[C@H](NC(=O)C1=C(Oc2cccc(Cl)c2)N(C)NC1(C)C(F)F)c1ccc(C(=O)O)cc1. The van der Waals surface area contributed by atoms with Crippen molar-refractivity contribution in [3.8, 4) is 5.75 Å². The Morgan fingerprint density at radius 1 is 1.22 bits per heavy atom. The molecule has 0 radical (unpaired) electrons. The van der Waals surface area contributed by atoms with Crippen molar-refractivity contribution in [1.29, 1.82) is 0 Å². The van der Waals surface area contributed by atoms with E-state index in [0.717, 1.165) is 0 Å². The lowest BCUT2D eigenvalue weighted by atomic mass is 9.93. The van der Waals surface area contributed by atoms with E-state index >= 15 is 0 Å². The van der Waals surface area contributed by atoms with Crippen LogP contribution in [0.25, 0.3) is 0 Å². The van der Waals surface area contributed by atoms with Gasteiger partial charge in [0.05, 0.1) is 11.6 Å². The number of halogens is 3. The van der Waals surface area contributed by atoms with Crippen LogP contribution in [0.3, 0.4) is 0 Å². The van der Waals surface area contributed by atoms with Crippen molar-refractivity contribution >= 4 is 23.5 Å². The number of hydrogen-bond donors (Lipinski definition) is 3. The molecular formula is C22H22ClF2N3O4. The predicted molar refractivity (Wildman–Crippen MR) is 114 cm³/mol. The fraction of sp³-hybridized carbons (Fsp3) is 0.273. The monoisotopic (exact) mass is 465 g/mol. The number of carbonyl (C=O) groups excluding carboxylic acids is 1. The van der Waals surface area contributed by atoms with Crippen molar-refractivity contribution in [3.05, 3.63) is 76.1 Å². The molecule has 0 aliphatic carbocycles. The van der Waals surface area contributed by atoms with Gasteiger partial charge in [0.25, 0.3) is 12.3 Å². The first-order valence-corrected chi connectivity index (χ1v) is 10.0. The van der Waals surface area contributed by atoms with Gasteiger partial charge in [-0.25, -0.2) is 19.0 Å². The molecule has 0 saturated heterocycles. The highest BCUT2D eigenvalue weighted by Gasteiger charge is 2.51. The zero-order valence-corrected chi connectivity index (χ0v) is 18.3. The summed E-state index contributed by atoms with van der Waals surface area (Å²) in [6, 6.07) is 11.7. The van der Waals surface area contributed by atoms with Crippen LogP contribution in [0.15, 0.2) is 60.0 Å². The van der Waals surface area contributed by atoms with Crippen molar-refractivity contribution < 1.29 is 28.2 Å². The normalized spacial score (nSPS) is 19.3. The highest BCUT2D eigenvalue weighted by Crippen LogP contribution is 2.36. The quantitative estimate of drug-likeness (QED) is 0.573. The van der Waals surface area contributed by atoms with Crippen LogP contribution in [0.2, 0.25) is 5.02 Å². The molecule has 1 aliphatic rings. The summed E-state index contributed by atoms with van der Waals surface area (Å²) in [6.07, 6.45) is -2.92. The van der Waals surface area contributed by atoms with Gasteiger partial charge in [-0.3, -0.25) is 9.80 Å². The number of amides is 1. The summed E-state index contributed by atoms with van der Waals surface area (Å²) in [5.41, 5.74) is 1.04. The Labute approximate surface area is 188 Å². The number of carboxylic acids is 1. The van der Waals surface area contributed by atoms with Crippen LogP contribution in [0, 0.1) is 0 Å². The van der Waals surface area contributed by atoms with Crippen molar-refractivity contribution in [2.45, 2.75) is 31.9 Å². The second kappa shape index (κ2) is 9.13. The summed E-state index contributed by atoms with van der Waals surface area (Å²) < 4.78 is 33.8. The molecule has 0 bridgehead atoms. The Morgan fingerprint density at radius 2 is 1.88 bits per heavy atom. The van der Waals surface area contributed by atoms with Crippen LogP contribution in [-0.2, 0) is 4.79 Å². The molecule has 0 spiro atoms. The minimum atomic E-state index is -2.92. The number of aromatic carboxylic acids is 1. The molecule has 1 aliphatic heterocycles. The largest absolute Gasteiger partial charge is 0.478 e. The van der Waals surface area contributed by atoms with E-state index in [1.54, 1.807) is 37.3 Å². The molecule has 7 nitrogen and oxygen atoms in total. The number of carbonyl (C=O) groups is 2. The molecule has 10 heteroatoms. The van der Waals surface area contributed by atoms with Crippen molar-refractivity contribution in [3.63, 3.8) is 0 Å². The second-order valence-corrected chi connectivity index (χ2v) is 7.97. The zero-order chi connectivity index (χ0) is 23.6. The standard InChI is InChI=1S/C22H22ClF2N3O4/c1-12(13-7-9-14(10-8-13)20(30)31)26-18(29)17-19(28(3)27-22(17,2)21(24)25)32-16-6-4-5-15(23)11-16/h4-12,21,27H,1-3H3,(H,26,29)(H,30,31)/t12-,22?/m0/s1. The minimum Gasteiger partial charge on any atom is -0.478 e. The van der Waals surface area contributed by atoms with E-state index in [4.69, 9.17) is 21.4 Å². The molecule has 3 N–H and O–H groups in total. The Bertz CT molecular complexity index is 1060. The van der Waals surface area contributed by atoms with Crippen LogP contribution in [0.5, 0.6) is 5.75 Å². The lowest BCUT2D eigenvalue weighted by molar-refractivity contribution is -0.119. The third kappa shape index (κ3) is 4.68. The fourth-order valence-corrected chi connectivity index (χ4v) is 3.54. The van der Waals surface area contributed by atoms with E-state index < -0.39 is 29.9 Å². The molecule has 1 heterocycles. The van der Waals surface area contributed by atoms with Gasteiger partial charge in [0.2, 0.25) is 5.88 Å². The topological polar surface area (TPSA) is 90.9 Å². The van der Waals surface area contributed by atoms with E-state index in [1.165, 1.54) is 37.2 Å². The number of nitrogens with one attached hydrogen (secondary N) is 2. The van der Waals surface area contributed by atoms with Gasteiger partial charge in [-0.05, 0) is 49.7 Å². The Balaban J connectivity index is 1.93. The van der Waals surface area contributed by atoms with Gasteiger partial charge in [-0.2, -0.15) is 0 Å². The summed E-state index contributed by atoms with van der Waals surface area (Å²) in [5, 5.41) is 13.3. The Kier molecular flexibility index (Phi) is 6.71. The van der Waals surface area contributed by atoms with Crippen molar-refractivity contribution in [1.82, 2.24) is 15.8 Å². The molecule has 1 unspecified atom stereocenters. The third-order valence-corrected chi connectivity index (χ3v) is 5.35. The Morgan fingerprint density at radius 3 is 2.44 bits per heavy atom. The number of ether oxygens (including phenoxy) is 1. The maximum atomic E-state index is 14.0. The van der Waals surface area contributed by atoms with Crippen LogP contribution in [0.4, 0.5) is 8.78 Å². The van der Waals surface area contributed by atoms with Crippen LogP contribution in [-0.4, -0.2) is 41.0 Å². The molecule has 2 aromatic carbocycles. The molecule has 0 fully saturated rings.